The number of nitrogens with zero attached hydrogens (tertiary/aromatic N) is 1. The Labute approximate surface area is 179 Å². The van der Waals surface area contributed by atoms with Crippen LogP contribution in [-0.4, -0.2) is 19.1 Å². The number of carbonyl (C=O) groups excluding carboxylic acids is 1. The topological polar surface area (TPSA) is 74.1 Å². The molecule has 0 saturated heterocycles. The van der Waals surface area contributed by atoms with Crippen LogP contribution in [0.15, 0.2) is 30.0 Å². The molecular weight excluding hydrogens is 386 g/mol. The standard InChI is InChI=1S/C23H32ClN3O2/c1-29-22-14-13-19(24)15-21(22)27-23(28)18(16-25)17-26-20-11-9-7-5-3-2-4-6-8-10-12-20/h13-15,17,20,26H,2-12H2,1H3,(H,27,28)/b18-17-. The Balaban J connectivity index is 1.98. The quantitative estimate of drug-likeness (QED) is 0.458. The van der Waals surface area contributed by atoms with E-state index in [0.717, 1.165) is 12.8 Å². The second-order valence-electron chi connectivity index (χ2n) is 7.59. The number of carbonyl (C=O) groups is 1. The Kier molecular flexibility index (Phi) is 10.4. The first-order valence-electron chi connectivity index (χ1n) is 10.6. The summed E-state index contributed by atoms with van der Waals surface area (Å²) in [5.41, 5.74) is 0.482. The molecular formula is C23H32ClN3O2. The maximum atomic E-state index is 12.6. The van der Waals surface area contributed by atoms with Crippen molar-refractivity contribution in [3.63, 3.8) is 0 Å². The third-order valence-electron chi connectivity index (χ3n) is 5.34. The summed E-state index contributed by atoms with van der Waals surface area (Å²) < 4.78 is 5.25. The molecule has 1 aliphatic rings. The minimum atomic E-state index is -0.478. The normalized spacial score (nSPS) is 17.3. The van der Waals surface area contributed by atoms with Crippen molar-refractivity contribution in [2.45, 2.75) is 76.7 Å². The van der Waals surface area contributed by atoms with E-state index in [9.17, 15) is 10.1 Å². The first kappa shape index (κ1) is 23.1. The Bertz CT molecular complexity index is 715. The van der Waals surface area contributed by atoms with Crippen LogP contribution in [0.25, 0.3) is 0 Å². The second kappa shape index (κ2) is 13.1. The van der Waals surface area contributed by atoms with Gasteiger partial charge < -0.3 is 15.4 Å². The monoisotopic (exact) mass is 417 g/mol. The van der Waals surface area contributed by atoms with Crippen LogP contribution >= 0.6 is 11.6 Å². The molecule has 1 aromatic carbocycles. The highest BCUT2D eigenvalue weighted by molar-refractivity contribution is 6.31. The van der Waals surface area contributed by atoms with E-state index in [4.69, 9.17) is 16.3 Å². The van der Waals surface area contributed by atoms with Gasteiger partial charge >= 0.3 is 0 Å². The molecule has 1 saturated carbocycles. The molecule has 0 aromatic heterocycles. The van der Waals surface area contributed by atoms with Crippen molar-refractivity contribution in [3.8, 4) is 11.8 Å². The molecule has 1 amide bonds. The lowest BCUT2D eigenvalue weighted by Gasteiger charge is -2.18. The Morgan fingerprint density at radius 3 is 2.24 bits per heavy atom. The average Bonchev–Trinajstić information content (AvgIpc) is 2.70. The zero-order chi connectivity index (χ0) is 20.9. The Morgan fingerprint density at radius 2 is 1.69 bits per heavy atom. The Morgan fingerprint density at radius 1 is 1.10 bits per heavy atom. The van der Waals surface area contributed by atoms with Gasteiger partial charge in [-0.05, 0) is 31.0 Å². The van der Waals surface area contributed by atoms with Crippen molar-refractivity contribution >= 4 is 23.2 Å². The zero-order valence-corrected chi connectivity index (χ0v) is 18.1. The van der Waals surface area contributed by atoms with Crippen LogP contribution in [0.2, 0.25) is 5.02 Å². The van der Waals surface area contributed by atoms with Crippen LogP contribution in [-0.2, 0) is 4.79 Å². The minimum absolute atomic E-state index is 0.0399. The molecule has 5 nitrogen and oxygen atoms in total. The van der Waals surface area contributed by atoms with Crippen molar-refractivity contribution < 1.29 is 9.53 Å². The van der Waals surface area contributed by atoms with E-state index in [0.29, 0.717) is 22.5 Å². The summed E-state index contributed by atoms with van der Waals surface area (Å²) in [4.78, 5) is 12.6. The summed E-state index contributed by atoms with van der Waals surface area (Å²) in [5.74, 6) is 0.0148. The molecule has 6 heteroatoms. The average molecular weight is 418 g/mol. The fourth-order valence-corrected chi connectivity index (χ4v) is 3.82. The molecule has 2 N–H and O–H groups in total. The molecule has 2 rings (SSSR count). The van der Waals surface area contributed by atoms with Crippen molar-refractivity contribution in [2.75, 3.05) is 12.4 Å². The zero-order valence-electron chi connectivity index (χ0n) is 17.3. The van der Waals surface area contributed by atoms with E-state index < -0.39 is 5.91 Å². The summed E-state index contributed by atoms with van der Waals surface area (Å²) in [6, 6.07) is 7.26. The number of hydrogen-bond donors (Lipinski definition) is 2. The number of anilines is 1. The van der Waals surface area contributed by atoms with E-state index in [2.05, 4.69) is 10.6 Å². The molecule has 0 radical (unpaired) electrons. The fourth-order valence-electron chi connectivity index (χ4n) is 3.65. The maximum absolute atomic E-state index is 12.6. The molecule has 29 heavy (non-hydrogen) atoms. The maximum Gasteiger partial charge on any atom is 0.267 e. The lowest BCUT2D eigenvalue weighted by molar-refractivity contribution is -0.112. The third-order valence-corrected chi connectivity index (χ3v) is 5.58. The van der Waals surface area contributed by atoms with Crippen LogP contribution in [0.4, 0.5) is 5.69 Å². The van der Waals surface area contributed by atoms with Gasteiger partial charge in [-0.1, -0.05) is 69.4 Å². The number of nitrogens with one attached hydrogen (secondary N) is 2. The van der Waals surface area contributed by atoms with Gasteiger partial charge in [0.25, 0.3) is 5.91 Å². The molecule has 0 spiro atoms. The van der Waals surface area contributed by atoms with Gasteiger partial charge in [0.1, 0.15) is 17.4 Å². The molecule has 1 fully saturated rings. The highest BCUT2D eigenvalue weighted by atomic mass is 35.5. The number of rotatable bonds is 5. The predicted octanol–water partition coefficient (Wildman–Crippen LogP) is 5.96. The highest BCUT2D eigenvalue weighted by Crippen LogP contribution is 2.28. The predicted molar refractivity (Wildman–Crippen MR) is 118 cm³/mol. The number of nitriles is 1. The lowest BCUT2D eigenvalue weighted by Crippen LogP contribution is -2.26. The highest BCUT2D eigenvalue weighted by Gasteiger charge is 2.14. The van der Waals surface area contributed by atoms with E-state index in [1.165, 1.54) is 64.9 Å². The van der Waals surface area contributed by atoms with E-state index in [-0.39, 0.29) is 5.57 Å². The summed E-state index contributed by atoms with van der Waals surface area (Å²) in [6.45, 7) is 0. The van der Waals surface area contributed by atoms with Crippen molar-refractivity contribution in [3.05, 3.63) is 35.0 Å². The van der Waals surface area contributed by atoms with Crippen molar-refractivity contribution in [1.29, 1.82) is 5.26 Å². The largest absolute Gasteiger partial charge is 0.495 e. The molecule has 0 aliphatic heterocycles. The van der Waals surface area contributed by atoms with E-state index in [1.807, 2.05) is 6.07 Å². The van der Waals surface area contributed by atoms with Crippen LogP contribution in [0.5, 0.6) is 5.75 Å². The number of ether oxygens (including phenoxy) is 1. The van der Waals surface area contributed by atoms with Gasteiger partial charge in [-0.25, -0.2) is 0 Å². The molecule has 0 atom stereocenters. The summed E-state index contributed by atoms with van der Waals surface area (Å²) in [6.07, 6.45) is 15.2. The van der Waals surface area contributed by atoms with Crippen LogP contribution in [0.1, 0.15) is 70.6 Å². The molecule has 1 aromatic rings. The van der Waals surface area contributed by atoms with Gasteiger partial charge in [0.15, 0.2) is 0 Å². The van der Waals surface area contributed by atoms with Gasteiger partial charge in [0.05, 0.1) is 12.8 Å². The summed E-state index contributed by atoms with van der Waals surface area (Å²) in [5, 5.41) is 16.0. The van der Waals surface area contributed by atoms with Crippen LogP contribution < -0.4 is 15.4 Å². The van der Waals surface area contributed by atoms with Gasteiger partial charge in [-0.2, -0.15) is 5.26 Å². The van der Waals surface area contributed by atoms with E-state index in [1.54, 1.807) is 24.4 Å². The number of methoxy groups -OCH3 is 1. The van der Waals surface area contributed by atoms with Gasteiger partial charge in [0.2, 0.25) is 0 Å². The number of halogens is 1. The molecule has 158 valence electrons. The molecule has 0 heterocycles. The third kappa shape index (κ3) is 8.37. The summed E-state index contributed by atoms with van der Waals surface area (Å²) >= 11 is 6.01. The number of benzene rings is 1. The smallest absolute Gasteiger partial charge is 0.267 e. The van der Waals surface area contributed by atoms with Crippen molar-refractivity contribution in [1.82, 2.24) is 5.32 Å². The second-order valence-corrected chi connectivity index (χ2v) is 8.03. The SMILES string of the molecule is COc1ccc(Cl)cc1NC(=O)/C(C#N)=C\NC1CCCCCCCCCCC1. The van der Waals surface area contributed by atoms with E-state index >= 15 is 0 Å². The van der Waals surface area contributed by atoms with Crippen LogP contribution in [0, 0.1) is 11.3 Å². The molecule has 0 bridgehead atoms. The van der Waals surface area contributed by atoms with Crippen LogP contribution in [0.3, 0.4) is 0 Å². The first-order valence-corrected chi connectivity index (χ1v) is 11.0. The first-order chi connectivity index (χ1) is 14.1. The van der Waals surface area contributed by atoms with Crippen molar-refractivity contribution in [2.24, 2.45) is 0 Å². The molecule has 0 unspecified atom stereocenters. The summed E-state index contributed by atoms with van der Waals surface area (Å²) in [7, 11) is 1.52. The minimum Gasteiger partial charge on any atom is -0.495 e. The number of hydrogen-bond acceptors (Lipinski definition) is 4. The lowest BCUT2D eigenvalue weighted by atomic mass is 9.98. The molecule has 1 aliphatic carbocycles. The van der Waals surface area contributed by atoms with Gasteiger partial charge in [-0.15, -0.1) is 0 Å². The number of amides is 1. The Hall–Kier alpha value is -2.19. The fraction of sp³-hybridized carbons (Fsp3) is 0.565. The van der Waals surface area contributed by atoms with Gasteiger partial charge in [-0.3, -0.25) is 4.79 Å². The van der Waals surface area contributed by atoms with Gasteiger partial charge in [0, 0.05) is 17.3 Å².